The molecule has 7 nitrogen and oxygen atoms in total. The smallest absolute Gasteiger partial charge is 0.222 e. The number of likely N-dealkylation sites (tertiary alicyclic amines) is 1. The van der Waals surface area contributed by atoms with Crippen LogP contribution in [0.5, 0.6) is 0 Å². The first-order valence-corrected chi connectivity index (χ1v) is 11.5. The maximum absolute atomic E-state index is 11.9. The Morgan fingerprint density at radius 3 is 2.77 bits per heavy atom. The van der Waals surface area contributed by atoms with E-state index in [1.807, 2.05) is 55.3 Å². The van der Waals surface area contributed by atoms with Gasteiger partial charge in [0.2, 0.25) is 5.91 Å². The second kappa shape index (κ2) is 9.43. The second-order valence-corrected chi connectivity index (χ2v) is 8.84. The van der Waals surface area contributed by atoms with Crippen molar-refractivity contribution in [2.24, 2.45) is 0 Å². The highest BCUT2D eigenvalue weighted by Gasteiger charge is 2.26. The number of pyridine rings is 2. The third kappa shape index (κ3) is 5.02. The molecule has 0 saturated carbocycles. The second-order valence-electron chi connectivity index (χ2n) is 7.84. The van der Waals surface area contributed by atoms with Crippen molar-refractivity contribution in [1.82, 2.24) is 19.9 Å². The number of nitrogens with one attached hydrogen (secondary N) is 1. The lowest BCUT2D eigenvalue weighted by atomic mass is 10.0. The Balaban J connectivity index is 1.43. The van der Waals surface area contributed by atoms with Gasteiger partial charge in [-0.1, -0.05) is 24.3 Å². The van der Waals surface area contributed by atoms with Crippen LogP contribution in [0, 0.1) is 6.92 Å². The molecule has 8 heteroatoms. The number of anilines is 3. The van der Waals surface area contributed by atoms with Gasteiger partial charge >= 0.3 is 0 Å². The van der Waals surface area contributed by atoms with Crippen LogP contribution in [0.4, 0.5) is 16.8 Å². The summed E-state index contributed by atoms with van der Waals surface area (Å²) in [6, 6.07) is 10.3. The van der Waals surface area contributed by atoms with E-state index in [1.165, 1.54) is 0 Å². The molecule has 0 aromatic carbocycles. The molecule has 31 heavy (non-hydrogen) atoms. The van der Waals surface area contributed by atoms with Crippen LogP contribution in [0.2, 0.25) is 0 Å². The molecule has 0 spiro atoms. The lowest BCUT2D eigenvalue weighted by Gasteiger charge is -2.36. The van der Waals surface area contributed by atoms with Crippen LogP contribution in [0.3, 0.4) is 0 Å². The van der Waals surface area contributed by atoms with E-state index in [-0.39, 0.29) is 5.91 Å². The molecule has 0 atom stereocenters. The maximum Gasteiger partial charge on any atom is 0.222 e. The number of aryl methyl sites for hydroxylation is 1. The van der Waals surface area contributed by atoms with Gasteiger partial charge in [-0.2, -0.15) is 0 Å². The highest BCUT2D eigenvalue weighted by molar-refractivity contribution is 7.18. The normalized spacial score (nSPS) is 14.5. The summed E-state index contributed by atoms with van der Waals surface area (Å²) in [6.07, 6.45) is 6.20. The fourth-order valence-electron chi connectivity index (χ4n) is 3.81. The maximum atomic E-state index is 11.9. The number of thiazole rings is 1. The van der Waals surface area contributed by atoms with Gasteiger partial charge in [0.1, 0.15) is 11.6 Å². The van der Waals surface area contributed by atoms with Crippen molar-refractivity contribution in [3.05, 3.63) is 48.3 Å². The third-order valence-electron chi connectivity index (χ3n) is 5.64. The molecule has 1 saturated heterocycles. The number of amides is 1. The molecule has 3 aromatic rings. The minimum absolute atomic E-state index is 0.248. The number of piperidine rings is 1. The summed E-state index contributed by atoms with van der Waals surface area (Å²) in [5.74, 6) is 1.78. The number of carbonyl (C=O) groups is 1. The Morgan fingerprint density at radius 2 is 2.03 bits per heavy atom. The number of hydrogen-bond acceptors (Lipinski definition) is 7. The van der Waals surface area contributed by atoms with Gasteiger partial charge in [-0.3, -0.25) is 4.79 Å². The van der Waals surface area contributed by atoms with E-state index < -0.39 is 0 Å². The van der Waals surface area contributed by atoms with Crippen LogP contribution in [0.15, 0.2) is 42.7 Å². The molecule has 4 rings (SSSR count). The number of aromatic nitrogens is 3. The number of hydrogen-bond donors (Lipinski definition) is 1. The Labute approximate surface area is 187 Å². The molecule has 3 aromatic heterocycles. The lowest BCUT2D eigenvalue weighted by molar-refractivity contribution is -0.131. The zero-order valence-corrected chi connectivity index (χ0v) is 19.0. The van der Waals surface area contributed by atoms with E-state index >= 15 is 0 Å². The van der Waals surface area contributed by atoms with Crippen molar-refractivity contribution in [2.75, 3.05) is 30.4 Å². The summed E-state index contributed by atoms with van der Waals surface area (Å²) in [5, 5.41) is 4.26. The Hall–Kier alpha value is -3.00. The first-order chi connectivity index (χ1) is 15.0. The zero-order chi connectivity index (χ0) is 21.8. The molecule has 1 aliphatic heterocycles. The first kappa shape index (κ1) is 21.2. The van der Waals surface area contributed by atoms with E-state index in [2.05, 4.69) is 27.2 Å². The SMILES string of the molecule is CCC(=O)N1CCC(N(C)c2ncc(-c3cccc(Nc4cc(C)ccn4)n3)s2)CC1. The summed E-state index contributed by atoms with van der Waals surface area (Å²) in [7, 11) is 2.10. The van der Waals surface area contributed by atoms with Gasteiger partial charge in [-0.05, 0) is 49.6 Å². The van der Waals surface area contributed by atoms with Crippen molar-refractivity contribution >= 4 is 34.0 Å². The third-order valence-corrected chi connectivity index (χ3v) is 6.75. The van der Waals surface area contributed by atoms with Crippen LogP contribution >= 0.6 is 11.3 Å². The van der Waals surface area contributed by atoms with Crippen LogP contribution in [0.1, 0.15) is 31.7 Å². The van der Waals surface area contributed by atoms with E-state index in [0.717, 1.165) is 58.8 Å². The Morgan fingerprint density at radius 1 is 1.23 bits per heavy atom. The van der Waals surface area contributed by atoms with Gasteiger partial charge in [0, 0.05) is 45.0 Å². The summed E-state index contributed by atoms with van der Waals surface area (Å²) in [5.41, 5.74) is 2.03. The molecule has 0 bridgehead atoms. The van der Waals surface area contributed by atoms with Crippen LogP contribution in [-0.4, -0.2) is 51.9 Å². The molecule has 4 heterocycles. The van der Waals surface area contributed by atoms with E-state index in [0.29, 0.717) is 12.5 Å². The molecule has 1 N–H and O–H groups in total. The minimum atomic E-state index is 0.248. The van der Waals surface area contributed by atoms with Gasteiger partial charge in [0.15, 0.2) is 5.13 Å². The van der Waals surface area contributed by atoms with Crippen LogP contribution < -0.4 is 10.2 Å². The standard InChI is InChI=1S/C23H28N6OS/c1-4-22(30)29-12-9-17(10-13-29)28(3)23-25-15-19(31-23)18-6-5-7-20(26-18)27-21-14-16(2)8-11-24-21/h5-8,11,14-15,17H,4,9-10,12-13H2,1-3H3,(H,24,26,27). The molecule has 1 amide bonds. The summed E-state index contributed by atoms with van der Waals surface area (Å²) < 4.78 is 0. The zero-order valence-electron chi connectivity index (χ0n) is 18.2. The van der Waals surface area contributed by atoms with E-state index in [9.17, 15) is 4.79 Å². The average molecular weight is 437 g/mol. The number of rotatable bonds is 6. The number of carbonyl (C=O) groups excluding carboxylic acids is 1. The molecular weight excluding hydrogens is 408 g/mol. The lowest BCUT2D eigenvalue weighted by Crippen LogP contribution is -2.45. The Kier molecular flexibility index (Phi) is 6.46. The molecule has 0 radical (unpaired) electrons. The Bertz CT molecular complexity index is 1040. The highest BCUT2D eigenvalue weighted by atomic mass is 32.1. The topological polar surface area (TPSA) is 74.2 Å². The molecular formula is C23H28N6OS. The van der Waals surface area contributed by atoms with Crippen molar-refractivity contribution < 1.29 is 4.79 Å². The predicted octanol–water partition coefficient (Wildman–Crippen LogP) is 4.49. The van der Waals surface area contributed by atoms with Gasteiger partial charge in [0.25, 0.3) is 0 Å². The van der Waals surface area contributed by atoms with Crippen molar-refractivity contribution in [2.45, 2.75) is 39.2 Å². The largest absolute Gasteiger partial charge is 0.348 e. The van der Waals surface area contributed by atoms with Gasteiger partial charge < -0.3 is 15.1 Å². The predicted molar refractivity (Wildman–Crippen MR) is 126 cm³/mol. The monoisotopic (exact) mass is 436 g/mol. The van der Waals surface area contributed by atoms with Crippen molar-refractivity contribution in [3.63, 3.8) is 0 Å². The first-order valence-electron chi connectivity index (χ1n) is 10.7. The fraction of sp³-hybridized carbons (Fsp3) is 0.391. The number of nitrogens with zero attached hydrogens (tertiary/aromatic N) is 5. The van der Waals surface area contributed by atoms with Crippen molar-refractivity contribution in [1.29, 1.82) is 0 Å². The van der Waals surface area contributed by atoms with E-state index in [4.69, 9.17) is 4.98 Å². The summed E-state index contributed by atoms with van der Waals surface area (Å²) in [4.78, 5) is 30.9. The van der Waals surface area contributed by atoms with Crippen LogP contribution in [-0.2, 0) is 4.79 Å². The quantitative estimate of drug-likeness (QED) is 0.614. The fourth-order valence-corrected chi connectivity index (χ4v) is 4.72. The summed E-state index contributed by atoms with van der Waals surface area (Å²) in [6.45, 7) is 5.61. The van der Waals surface area contributed by atoms with Gasteiger partial charge in [-0.15, -0.1) is 0 Å². The minimum Gasteiger partial charge on any atom is -0.348 e. The van der Waals surface area contributed by atoms with Gasteiger partial charge in [-0.25, -0.2) is 15.0 Å². The van der Waals surface area contributed by atoms with Gasteiger partial charge in [0.05, 0.1) is 10.6 Å². The molecule has 0 unspecified atom stereocenters. The molecule has 1 aliphatic rings. The molecule has 1 fully saturated rings. The molecule has 0 aliphatic carbocycles. The highest BCUT2D eigenvalue weighted by Crippen LogP contribution is 2.32. The van der Waals surface area contributed by atoms with E-state index in [1.54, 1.807) is 17.5 Å². The molecule has 162 valence electrons. The summed E-state index contributed by atoms with van der Waals surface area (Å²) >= 11 is 1.65. The van der Waals surface area contributed by atoms with Crippen LogP contribution in [0.25, 0.3) is 10.6 Å². The van der Waals surface area contributed by atoms with Crippen molar-refractivity contribution in [3.8, 4) is 10.6 Å². The average Bonchev–Trinajstić information content (AvgIpc) is 3.29.